The lowest BCUT2D eigenvalue weighted by Gasteiger charge is -2.02. The van der Waals surface area contributed by atoms with Crippen molar-refractivity contribution in [1.82, 2.24) is 9.97 Å². The molecular formula is C14H9FN2O2. The topological polar surface area (TPSA) is 56.0 Å². The van der Waals surface area contributed by atoms with E-state index in [1.54, 1.807) is 18.2 Å². The molecule has 3 rings (SSSR count). The molecular weight excluding hydrogens is 247 g/mol. The fraction of sp³-hybridized carbons (Fsp3) is 0.0714. The lowest BCUT2D eigenvalue weighted by atomic mass is 10.2. The summed E-state index contributed by atoms with van der Waals surface area (Å²) in [4.78, 5) is 19.6. The molecule has 0 bridgehead atoms. The van der Waals surface area contributed by atoms with E-state index in [2.05, 4.69) is 9.97 Å². The maximum Gasteiger partial charge on any atom is 0.347 e. The highest BCUT2D eigenvalue weighted by atomic mass is 19.1. The van der Waals surface area contributed by atoms with Crippen molar-refractivity contribution in [3.05, 3.63) is 58.5 Å². The van der Waals surface area contributed by atoms with Gasteiger partial charge in [0.1, 0.15) is 0 Å². The highest BCUT2D eigenvalue weighted by Crippen LogP contribution is 2.20. The maximum absolute atomic E-state index is 13.6. The number of benzene rings is 1. The van der Waals surface area contributed by atoms with Gasteiger partial charge in [-0.1, -0.05) is 11.6 Å². The molecule has 0 aliphatic rings. The zero-order chi connectivity index (χ0) is 13.4. The van der Waals surface area contributed by atoms with Crippen LogP contribution in [0.4, 0.5) is 4.39 Å². The first kappa shape index (κ1) is 11.5. The molecule has 0 aliphatic heterocycles. The normalized spacial score (nSPS) is 10.8. The minimum atomic E-state index is -0.718. The minimum Gasteiger partial charge on any atom is -0.403 e. The molecule has 2 heterocycles. The number of aryl methyl sites for hydroxylation is 1. The van der Waals surface area contributed by atoms with Crippen molar-refractivity contribution < 1.29 is 8.81 Å². The van der Waals surface area contributed by atoms with Gasteiger partial charge in [0.15, 0.2) is 0 Å². The van der Waals surface area contributed by atoms with Crippen LogP contribution < -0.4 is 5.63 Å². The largest absolute Gasteiger partial charge is 0.403 e. The summed E-state index contributed by atoms with van der Waals surface area (Å²) < 4.78 is 18.6. The van der Waals surface area contributed by atoms with Crippen LogP contribution in [-0.2, 0) is 0 Å². The molecule has 0 fully saturated rings. The predicted molar refractivity (Wildman–Crippen MR) is 68.2 cm³/mol. The van der Waals surface area contributed by atoms with Gasteiger partial charge in [0.05, 0.1) is 16.5 Å². The van der Waals surface area contributed by atoms with Gasteiger partial charge in [0, 0.05) is 6.20 Å². The standard InChI is InChI=1S/C14H9FN2O2/c1-8-4-5-11-10(7-8)14(18)19-13(17-11)9-3-2-6-16-12(9)15/h2-7H,1H3. The van der Waals surface area contributed by atoms with Crippen LogP contribution in [0, 0.1) is 12.9 Å². The van der Waals surface area contributed by atoms with E-state index >= 15 is 0 Å². The second-order valence-electron chi connectivity index (χ2n) is 4.17. The highest BCUT2D eigenvalue weighted by molar-refractivity contribution is 5.79. The number of rotatable bonds is 1. The zero-order valence-corrected chi connectivity index (χ0v) is 10.1. The maximum atomic E-state index is 13.6. The molecule has 4 nitrogen and oxygen atoms in total. The summed E-state index contributed by atoms with van der Waals surface area (Å²) in [5, 5.41) is 0.382. The summed E-state index contributed by atoms with van der Waals surface area (Å²) >= 11 is 0. The SMILES string of the molecule is Cc1ccc2nc(-c3cccnc3F)oc(=O)c2c1. The first-order chi connectivity index (χ1) is 9.15. The Morgan fingerprint density at radius 1 is 1.26 bits per heavy atom. The van der Waals surface area contributed by atoms with Crippen LogP contribution in [0.25, 0.3) is 22.4 Å². The molecule has 5 heteroatoms. The van der Waals surface area contributed by atoms with Crippen LogP contribution in [0.2, 0.25) is 0 Å². The molecule has 0 radical (unpaired) electrons. The van der Waals surface area contributed by atoms with Gasteiger partial charge in [-0.3, -0.25) is 0 Å². The van der Waals surface area contributed by atoms with Crippen LogP contribution in [-0.4, -0.2) is 9.97 Å². The quantitative estimate of drug-likeness (QED) is 0.628. The highest BCUT2D eigenvalue weighted by Gasteiger charge is 2.12. The summed E-state index contributed by atoms with van der Waals surface area (Å²) in [6.07, 6.45) is 1.32. The van der Waals surface area contributed by atoms with Crippen molar-refractivity contribution >= 4 is 10.9 Å². The Bertz CT molecular complexity index is 827. The molecule has 0 amide bonds. The van der Waals surface area contributed by atoms with E-state index in [4.69, 9.17) is 4.42 Å². The van der Waals surface area contributed by atoms with Crippen molar-refractivity contribution in [2.24, 2.45) is 0 Å². The van der Waals surface area contributed by atoms with Crippen molar-refractivity contribution in [3.8, 4) is 11.5 Å². The monoisotopic (exact) mass is 256 g/mol. The van der Waals surface area contributed by atoms with Crippen molar-refractivity contribution in [3.63, 3.8) is 0 Å². The first-order valence-corrected chi connectivity index (χ1v) is 5.67. The second kappa shape index (κ2) is 4.28. The average molecular weight is 256 g/mol. The van der Waals surface area contributed by atoms with E-state index in [1.807, 2.05) is 13.0 Å². The number of aromatic nitrogens is 2. The van der Waals surface area contributed by atoms with Gasteiger partial charge >= 0.3 is 5.63 Å². The molecule has 0 saturated heterocycles. The summed E-state index contributed by atoms with van der Waals surface area (Å²) in [7, 11) is 0. The Morgan fingerprint density at radius 2 is 2.11 bits per heavy atom. The van der Waals surface area contributed by atoms with Crippen molar-refractivity contribution in [1.29, 1.82) is 0 Å². The van der Waals surface area contributed by atoms with Gasteiger partial charge in [-0.15, -0.1) is 0 Å². The van der Waals surface area contributed by atoms with Crippen LogP contribution >= 0.6 is 0 Å². The number of nitrogens with zero attached hydrogens (tertiary/aromatic N) is 2. The molecule has 94 valence electrons. The molecule has 0 N–H and O–H groups in total. The van der Waals surface area contributed by atoms with Crippen LogP contribution in [0.5, 0.6) is 0 Å². The number of hydrogen-bond donors (Lipinski definition) is 0. The van der Waals surface area contributed by atoms with Gasteiger partial charge in [-0.05, 0) is 31.2 Å². The molecule has 3 aromatic rings. The van der Waals surface area contributed by atoms with E-state index < -0.39 is 11.6 Å². The van der Waals surface area contributed by atoms with Crippen molar-refractivity contribution in [2.75, 3.05) is 0 Å². The Kier molecular flexibility index (Phi) is 2.59. The van der Waals surface area contributed by atoms with Gasteiger partial charge in [-0.25, -0.2) is 14.8 Å². The molecule has 2 aromatic heterocycles. The first-order valence-electron chi connectivity index (χ1n) is 5.67. The van der Waals surface area contributed by atoms with Crippen LogP contribution in [0.1, 0.15) is 5.56 Å². The molecule has 0 saturated carbocycles. The average Bonchev–Trinajstić information content (AvgIpc) is 2.40. The molecule has 0 spiro atoms. The van der Waals surface area contributed by atoms with E-state index in [-0.39, 0.29) is 11.5 Å². The molecule has 19 heavy (non-hydrogen) atoms. The molecule has 0 aliphatic carbocycles. The van der Waals surface area contributed by atoms with Crippen LogP contribution in [0.15, 0.2) is 45.7 Å². The van der Waals surface area contributed by atoms with E-state index in [0.717, 1.165) is 5.56 Å². The Labute approximate surface area is 107 Å². The Morgan fingerprint density at radius 3 is 2.89 bits per heavy atom. The molecule has 1 aromatic carbocycles. The summed E-state index contributed by atoms with van der Waals surface area (Å²) in [5.41, 5.74) is 0.941. The van der Waals surface area contributed by atoms with Crippen LogP contribution in [0.3, 0.4) is 0 Å². The van der Waals surface area contributed by atoms with E-state index in [0.29, 0.717) is 10.9 Å². The van der Waals surface area contributed by atoms with Crippen molar-refractivity contribution in [2.45, 2.75) is 6.92 Å². The summed E-state index contributed by atoms with van der Waals surface area (Å²) in [6.45, 7) is 1.87. The molecule has 0 unspecified atom stereocenters. The molecule has 0 atom stereocenters. The zero-order valence-electron chi connectivity index (χ0n) is 10.1. The smallest absolute Gasteiger partial charge is 0.347 e. The minimum absolute atomic E-state index is 0.0630. The predicted octanol–water partition coefficient (Wildman–Crippen LogP) is 2.70. The van der Waals surface area contributed by atoms with Gasteiger partial charge in [0.2, 0.25) is 11.8 Å². The van der Waals surface area contributed by atoms with Gasteiger partial charge < -0.3 is 4.42 Å². The lowest BCUT2D eigenvalue weighted by molar-refractivity contribution is 0.507. The second-order valence-corrected chi connectivity index (χ2v) is 4.17. The summed E-state index contributed by atoms with van der Waals surface area (Å²) in [5.74, 6) is -0.781. The number of halogens is 1. The third kappa shape index (κ3) is 1.99. The van der Waals surface area contributed by atoms with Gasteiger partial charge in [0.25, 0.3) is 0 Å². The van der Waals surface area contributed by atoms with E-state index in [9.17, 15) is 9.18 Å². The third-order valence-corrected chi connectivity index (χ3v) is 2.77. The van der Waals surface area contributed by atoms with E-state index in [1.165, 1.54) is 12.3 Å². The summed E-state index contributed by atoms with van der Waals surface area (Å²) in [6, 6.07) is 8.25. The fourth-order valence-corrected chi connectivity index (χ4v) is 1.85. The third-order valence-electron chi connectivity index (χ3n) is 2.77. The number of hydrogen-bond acceptors (Lipinski definition) is 4. The Balaban J connectivity index is 2.31. The fourth-order valence-electron chi connectivity index (χ4n) is 1.85. The Hall–Kier alpha value is -2.56. The lowest BCUT2D eigenvalue weighted by Crippen LogP contribution is -2.04. The van der Waals surface area contributed by atoms with Gasteiger partial charge in [-0.2, -0.15) is 4.39 Å². The number of fused-ring (bicyclic) bond motifs is 1. The number of pyridine rings is 1.